The standard InChI is InChI=1S/C75H49N7Si/c1-4-25-52(26-5-1)83(53-27-6-2-7-28-53,54-29-8-3-9-30-54)55-31-22-24-50(48-55)73-76-74(81-67-42-19-12-34-58(67)59-35-13-20-43-68(59)81)78-75(77-73)82-69-44-21-14-36-60(69)62-38-23-45-71(72(62)82)80-66-41-18-15-37-61(66)63-49-51(46-47-70(63)80)79-64-39-16-10-32-56(64)57-33-11-17-40-65(57)79/h1-49H. The van der Waals surface area contributed by atoms with Gasteiger partial charge in [-0.3, -0.25) is 9.13 Å². The minimum atomic E-state index is -2.96. The summed E-state index contributed by atoms with van der Waals surface area (Å²) in [5.74, 6) is 1.62. The van der Waals surface area contributed by atoms with Gasteiger partial charge in [-0.2, -0.15) is 15.0 Å². The van der Waals surface area contributed by atoms with E-state index in [4.69, 9.17) is 15.0 Å². The highest BCUT2D eigenvalue weighted by Crippen LogP contribution is 2.42. The van der Waals surface area contributed by atoms with Crippen LogP contribution in [0.4, 0.5) is 0 Å². The second-order valence-electron chi connectivity index (χ2n) is 21.5. The number of aromatic nitrogens is 7. The van der Waals surface area contributed by atoms with Crippen LogP contribution in [0.15, 0.2) is 297 Å². The Morgan fingerprint density at radius 1 is 0.241 bits per heavy atom. The van der Waals surface area contributed by atoms with Crippen molar-refractivity contribution in [2.45, 2.75) is 0 Å². The van der Waals surface area contributed by atoms with Crippen LogP contribution in [0.25, 0.3) is 122 Å². The summed E-state index contributed by atoms with van der Waals surface area (Å²) in [7, 11) is -2.96. The molecular weight excluding hydrogens is 1030 g/mol. The maximum absolute atomic E-state index is 5.73. The van der Waals surface area contributed by atoms with Crippen LogP contribution >= 0.6 is 0 Å². The van der Waals surface area contributed by atoms with Crippen LogP contribution in [-0.4, -0.2) is 41.3 Å². The summed E-state index contributed by atoms with van der Waals surface area (Å²) in [6, 6.07) is 108. The van der Waals surface area contributed by atoms with Crippen LogP contribution < -0.4 is 20.7 Å². The van der Waals surface area contributed by atoms with Gasteiger partial charge in [0.15, 0.2) is 13.9 Å². The van der Waals surface area contributed by atoms with Gasteiger partial charge in [0, 0.05) is 54.3 Å². The van der Waals surface area contributed by atoms with Crippen molar-refractivity contribution >= 4 is 116 Å². The average Bonchev–Trinajstić information content (AvgIpc) is 2.32. The van der Waals surface area contributed by atoms with E-state index >= 15 is 0 Å². The van der Waals surface area contributed by atoms with E-state index in [0.29, 0.717) is 17.7 Å². The van der Waals surface area contributed by atoms with E-state index in [-0.39, 0.29) is 0 Å². The SMILES string of the molecule is c1ccc([Si](c2ccccc2)(c2ccccc2)c2cccc(-c3nc(-n4c5ccccc5c5ccccc54)nc(-n4c5ccccc5c5cccc(-n6c7ccccc7c7cc(-n8c9ccccc9c9ccccc98)ccc76)c54)n3)c2)cc1. The van der Waals surface area contributed by atoms with Crippen LogP contribution in [0.2, 0.25) is 0 Å². The molecule has 8 heteroatoms. The van der Waals surface area contributed by atoms with Crippen molar-refractivity contribution in [1.82, 2.24) is 33.2 Å². The maximum atomic E-state index is 5.73. The lowest BCUT2D eigenvalue weighted by Crippen LogP contribution is -2.74. The Labute approximate surface area is 478 Å². The summed E-state index contributed by atoms with van der Waals surface area (Å²) in [5.41, 5.74) is 11.6. The monoisotopic (exact) mass is 1080 g/mol. The van der Waals surface area contributed by atoms with Gasteiger partial charge in [0.25, 0.3) is 0 Å². The number of benzene rings is 12. The minimum absolute atomic E-state index is 0.517. The van der Waals surface area contributed by atoms with Crippen molar-refractivity contribution in [3.8, 4) is 34.7 Å². The number of hydrogen-bond donors (Lipinski definition) is 0. The maximum Gasteiger partial charge on any atom is 0.240 e. The molecule has 388 valence electrons. The Balaban J connectivity index is 0.946. The van der Waals surface area contributed by atoms with Gasteiger partial charge >= 0.3 is 0 Å². The quantitative estimate of drug-likeness (QED) is 0.107. The van der Waals surface area contributed by atoms with E-state index in [1.54, 1.807) is 0 Å². The fourth-order valence-corrected chi connectivity index (χ4v) is 18.5. The first-order chi connectivity index (χ1) is 41.2. The van der Waals surface area contributed by atoms with Crippen LogP contribution in [0.5, 0.6) is 0 Å². The molecular formula is C75H49N7Si. The summed E-state index contributed by atoms with van der Waals surface area (Å²) in [6.07, 6.45) is 0. The second kappa shape index (κ2) is 18.6. The molecule has 0 spiro atoms. The molecule has 17 aromatic rings. The molecule has 0 aliphatic heterocycles. The van der Waals surface area contributed by atoms with Crippen LogP contribution in [-0.2, 0) is 0 Å². The minimum Gasteiger partial charge on any atom is -0.309 e. The van der Waals surface area contributed by atoms with Gasteiger partial charge in [0.1, 0.15) is 0 Å². The zero-order chi connectivity index (χ0) is 54.6. The fraction of sp³-hybridized carbons (Fsp3) is 0. The molecule has 0 fully saturated rings. The van der Waals surface area contributed by atoms with E-state index < -0.39 is 8.07 Å². The first-order valence-corrected chi connectivity index (χ1v) is 30.3. The molecule has 0 radical (unpaired) electrons. The Morgan fingerprint density at radius 3 is 1.13 bits per heavy atom. The highest BCUT2D eigenvalue weighted by Gasteiger charge is 2.41. The predicted molar refractivity (Wildman–Crippen MR) is 346 cm³/mol. The molecule has 5 heterocycles. The average molecular weight is 1080 g/mol. The zero-order valence-electron chi connectivity index (χ0n) is 44.9. The third kappa shape index (κ3) is 7.00. The Bertz CT molecular complexity index is 5200. The summed E-state index contributed by atoms with van der Waals surface area (Å²) in [4.78, 5) is 17.0. The highest BCUT2D eigenvalue weighted by molar-refractivity contribution is 7.19. The van der Waals surface area contributed by atoms with Gasteiger partial charge < -0.3 is 9.13 Å². The number of rotatable bonds is 9. The van der Waals surface area contributed by atoms with Crippen molar-refractivity contribution < 1.29 is 0 Å². The highest BCUT2D eigenvalue weighted by atomic mass is 28.3. The number of hydrogen-bond acceptors (Lipinski definition) is 3. The molecule has 12 aromatic carbocycles. The van der Waals surface area contributed by atoms with Gasteiger partial charge in [0.2, 0.25) is 11.9 Å². The molecule has 7 nitrogen and oxygen atoms in total. The van der Waals surface area contributed by atoms with Crippen molar-refractivity contribution in [2.75, 3.05) is 0 Å². The lowest BCUT2D eigenvalue weighted by Gasteiger charge is -2.34. The summed E-state index contributed by atoms with van der Waals surface area (Å²) in [5, 5.41) is 14.4. The second-order valence-corrected chi connectivity index (χ2v) is 25.3. The van der Waals surface area contributed by atoms with Gasteiger partial charge in [-0.1, -0.05) is 237 Å². The molecule has 17 rings (SSSR count). The van der Waals surface area contributed by atoms with E-state index in [2.05, 4.69) is 316 Å². The van der Waals surface area contributed by atoms with Gasteiger partial charge in [-0.15, -0.1) is 0 Å². The largest absolute Gasteiger partial charge is 0.309 e. The molecule has 0 atom stereocenters. The van der Waals surface area contributed by atoms with Gasteiger partial charge in [-0.25, -0.2) is 0 Å². The van der Waals surface area contributed by atoms with Crippen molar-refractivity contribution in [3.63, 3.8) is 0 Å². The first kappa shape index (κ1) is 46.9. The van der Waals surface area contributed by atoms with E-state index in [9.17, 15) is 0 Å². The van der Waals surface area contributed by atoms with E-state index in [1.165, 1.54) is 47.9 Å². The number of para-hydroxylation sites is 7. The Morgan fingerprint density at radius 2 is 0.614 bits per heavy atom. The zero-order valence-corrected chi connectivity index (χ0v) is 45.9. The molecule has 83 heavy (non-hydrogen) atoms. The third-order valence-electron chi connectivity index (χ3n) is 17.2. The third-order valence-corrected chi connectivity index (χ3v) is 21.9. The molecule has 0 unspecified atom stereocenters. The van der Waals surface area contributed by atoms with Crippen LogP contribution in [0, 0.1) is 0 Å². The number of fused-ring (bicyclic) bond motifs is 12. The summed E-state index contributed by atoms with van der Waals surface area (Å²) in [6.45, 7) is 0. The normalized spacial score (nSPS) is 12.1. The molecule has 0 bridgehead atoms. The molecule has 0 amide bonds. The Kier molecular flexibility index (Phi) is 10.5. The van der Waals surface area contributed by atoms with Crippen LogP contribution in [0.3, 0.4) is 0 Å². The van der Waals surface area contributed by atoms with Crippen molar-refractivity contribution in [1.29, 1.82) is 0 Å². The van der Waals surface area contributed by atoms with Gasteiger partial charge in [-0.05, 0) is 81.4 Å². The fourth-order valence-electron chi connectivity index (χ4n) is 13.7. The lowest BCUT2D eigenvalue weighted by molar-refractivity contribution is 0.891. The smallest absolute Gasteiger partial charge is 0.240 e. The first-order valence-electron chi connectivity index (χ1n) is 28.3. The topological polar surface area (TPSA) is 58.4 Å². The van der Waals surface area contributed by atoms with E-state index in [1.807, 2.05) is 0 Å². The number of nitrogens with zero attached hydrogens (tertiary/aromatic N) is 7. The molecule has 0 saturated carbocycles. The van der Waals surface area contributed by atoms with E-state index in [0.717, 1.165) is 77.0 Å². The van der Waals surface area contributed by atoms with Crippen molar-refractivity contribution in [3.05, 3.63) is 297 Å². The molecule has 0 aliphatic rings. The van der Waals surface area contributed by atoms with Gasteiger partial charge in [0.05, 0.1) is 49.8 Å². The summed E-state index contributed by atoms with van der Waals surface area (Å²) < 4.78 is 9.36. The Hall–Kier alpha value is -10.9. The molecule has 5 aromatic heterocycles. The molecule has 0 saturated heterocycles. The molecule has 0 aliphatic carbocycles. The van der Waals surface area contributed by atoms with Crippen LogP contribution in [0.1, 0.15) is 0 Å². The predicted octanol–water partition coefficient (Wildman–Crippen LogP) is 15.3. The van der Waals surface area contributed by atoms with Crippen molar-refractivity contribution in [2.24, 2.45) is 0 Å². The molecule has 0 N–H and O–H groups in total. The lowest BCUT2D eigenvalue weighted by atomic mass is 10.1. The summed E-state index contributed by atoms with van der Waals surface area (Å²) >= 11 is 0.